The molecule has 0 fully saturated rings. The highest BCUT2D eigenvalue weighted by Gasteiger charge is 2.13. The molecule has 0 saturated heterocycles. The molecule has 0 heterocycles. The second-order valence-electron chi connectivity index (χ2n) is 7.52. The average molecular weight is 411 g/mol. The van der Waals surface area contributed by atoms with E-state index < -0.39 is 5.97 Å². The van der Waals surface area contributed by atoms with Crippen molar-refractivity contribution in [2.75, 3.05) is 19.8 Å². The highest BCUT2D eigenvalue weighted by atomic mass is 16.6. The Morgan fingerprint density at radius 3 is 2.33 bits per heavy atom. The van der Waals surface area contributed by atoms with Gasteiger partial charge in [-0.2, -0.15) is 0 Å². The Labute approximate surface area is 180 Å². The maximum absolute atomic E-state index is 11.6. The zero-order chi connectivity index (χ0) is 21.9. The minimum Gasteiger partial charge on any atom is -0.489 e. The summed E-state index contributed by atoms with van der Waals surface area (Å²) < 4.78 is 11.2. The van der Waals surface area contributed by atoms with Crippen LogP contribution in [0.3, 0.4) is 0 Å². The van der Waals surface area contributed by atoms with Gasteiger partial charge in [-0.05, 0) is 60.9 Å². The predicted octanol–water partition coefficient (Wildman–Crippen LogP) is 5.29. The second kappa shape index (κ2) is 12.2. The van der Waals surface area contributed by atoms with E-state index >= 15 is 0 Å². The van der Waals surface area contributed by atoms with Gasteiger partial charge in [0.05, 0.1) is 0 Å². The molecule has 1 N–H and O–H groups in total. The van der Waals surface area contributed by atoms with Gasteiger partial charge in [0, 0.05) is 17.7 Å². The molecule has 0 aromatic heterocycles. The number of carbonyl (C=O) groups excluding carboxylic acids is 1. The molecule has 0 aliphatic heterocycles. The molecule has 162 valence electrons. The largest absolute Gasteiger partial charge is 0.489 e. The van der Waals surface area contributed by atoms with Crippen LogP contribution in [0.15, 0.2) is 48.6 Å². The maximum Gasteiger partial charge on any atom is 0.333 e. The minimum atomic E-state index is -0.407. The van der Waals surface area contributed by atoms with Crippen LogP contribution in [0.4, 0.5) is 0 Å². The van der Waals surface area contributed by atoms with Crippen LogP contribution in [0.2, 0.25) is 0 Å². The summed E-state index contributed by atoms with van der Waals surface area (Å²) in [6, 6.07) is 12.9. The van der Waals surface area contributed by atoms with Gasteiger partial charge in [0.25, 0.3) is 0 Å². The van der Waals surface area contributed by atoms with E-state index in [9.17, 15) is 4.79 Å². The molecule has 4 nitrogen and oxygen atoms in total. The first-order valence-electron chi connectivity index (χ1n) is 10.8. The number of esters is 1. The fourth-order valence-electron chi connectivity index (χ4n) is 3.40. The number of aliphatic hydroxyl groups is 1. The zero-order valence-corrected chi connectivity index (χ0v) is 18.5. The van der Waals surface area contributed by atoms with Crippen LogP contribution >= 0.6 is 0 Å². The van der Waals surface area contributed by atoms with Crippen molar-refractivity contribution >= 4 is 5.97 Å². The van der Waals surface area contributed by atoms with Crippen molar-refractivity contribution in [3.63, 3.8) is 0 Å². The number of aryl methyl sites for hydroxylation is 3. The Kier molecular flexibility index (Phi) is 9.62. The number of carbonyl (C=O) groups is 1. The third-order valence-electron chi connectivity index (χ3n) is 4.97. The second-order valence-corrected chi connectivity index (χ2v) is 7.52. The van der Waals surface area contributed by atoms with Gasteiger partial charge in [-0.15, -0.1) is 0 Å². The molecule has 4 heteroatoms. The summed E-state index contributed by atoms with van der Waals surface area (Å²) in [5, 5.41) is 9.15. The SMILES string of the molecule is C=C(C)C(=O)OCCOc1cc(CCCO)ccc1-c1ccc(CCC)cc1CC. The molecule has 0 bridgehead atoms. The lowest BCUT2D eigenvalue weighted by Gasteiger charge is -2.17. The van der Waals surface area contributed by atoms with Gasteiger partial charge in [-0.1, -0.05) is 57.2 Å². The fourth-order valence-corrected chi connectivity index (χ4v) is 3.40. The van der Waals surface area contributed by atoms with Crippen LogP contribution in [-0.4, -0.2) is 30.9 Å². The van der Waals surface area contributed by atoms with Gasteiger partial charge < -0.3 is 14.6 Å². The van der Waals surface area contributed by atoms with E-state index in [1.807, 2.05) is 6.07 Å². The maximum atomic E-state index is 11.6. The third-order valence-corrected chi connectivity index (χ3v) is 4.97. The molecule has 0 unspecified atom stereocenters. The Hall–Kier alpha value is -2.59. The third kappa shape index (κ3) is 6.74. The van der Waals surface area contributed by atoms with Crippen molar-refractivity contribution < 1.29 is 19.4 Å². The lowest BCUT2D eigenvalue weighted by molar-refractivity contribution is -0.139. The lowest BCUT2D eigenvalue weighted by atomic mass is 9.93. The number of hydrogen-bond donors (Lipinski definition) is 1. The average Bonchev–Trinajstić information content (AvgIpc) is 2.75. The highest BCUT2D eigenvalue weighted by molar-refractivity contribution is 5.86. The smallest absolute Gasteiger partial charge is 0.333 e. The molecule has 30 heavy (non-hydrogen) atoms. The normalized spacial score (nSPS) is 10.7. The van der Waals surface area contributed by atoms with Crippen molar-refractivity contribution in [2.45, 2.75) is 52.9 Å². The first-order chi connectivity index (χ1) is 14.5. The quantitative estimate of drug-likeness (QED) is 0.293. The first kappa shape index (κ1) is 23.7. The van der Waals surface area contributed by atoms with Crippen LogP contribution in [-0.2, 0) is 28.8 Å². The number of ether oxygens (including phenoxy) is 2. The van der Waals surface area contributed by atoms with Crippen LogP contribution < -0.4 is 4.74 Å². The molecule has 0 atom stereocenters. The van der Waals surface area contributed by atoms with Crippen molar-refractivity contribution in [1.29, 1.82) is 0 Å². The summed E-state index contributed by atoms with van der Waals surface area (Å²) in [6.45, 7) is 10.2. The molecule has 0 saturated carbocycles. The Morgan fingerprint density at radius 2 is 1.70 bits per heavy atom. The summed E-state index contributed by atoms with van der Waals surface area (Å²) >= 11 is 0. The van der Waals surface area contributed by atoms with Crippen molar-refractivity contribution in [3.05, 3.63) is 65.2 Å². The minimum absolute atomic E-state index is 0.160. The van der Waals surface area contributed by atoms with E-state index in [1.54, 1.807) is 6.92 Å². The van der Waals surface area contributed by atoms with Gasteiger partial charge in [0.1, 0.15) is 19.0 Å². The summed E-state index contributed by atoms with van der Waals surface area (Å²) in [5.41, 5.74) is 6.34. The van der Waals surface area contributed by atoms with Crippen LogP contribution in [0.25, 0.3) is 11.1 Å². The van der Waals surface area contributed by atoms with E-state index in [0.29, 0.717) is 12.0 Å². The summed E-state index contributed by atoms with van der Waals surface area (Å²) in [7, 11) is 0. The van der Waals surface area contributed by atoms with E-state index in [-0.39, 0.29) is 19.8 Å². The number of rotatable bonds is 12. The zero-order valence-electron chi connectivity index (χ0n) is 18.5. The molecule has 2 aromatic carbocycles. The molecular weight excluding hydrogens is 376 g/mol. The molecule has 2 aromatic rings. The van der Waals surface area contributed by atoms with Crippen molar-refractivity contribution in [3.8, 4) is 16.9 Å². The summed E-state index contributed by atoms with van der Waals surface area (Å²) in [5.74, 6) is 0.366. The van der Waals surface area contributed by atoms with Crippen molar-refractivity contribution in [1.82, 2.24) is 0 Å². The molecule has 0 amide bonds. The van der Waals surface area contributed by atoms with E-state index in [2.05, 4.69) is 50.8 Å². The first-order valence-corrected chi connectivity index (χ1v) is 10.8. The molecule has 0 aliphatic rings. The van der Waals surface area contributed by atoms with E-state index in [0.717, 1.165) is 42.6 Å². The number of aliphatic hydroxyl groups excluding tert-OH is 1. The number of benzene rings is 2. The van der Waals surface area contributed by atoms with Gasteiger partial charge >= 0.3 is 5.97 Å². The predicted molar refractivity (Wildman–Crippen MR) is 122 cm³/mol. The van der Waals surface area contributed by atoms with E-state index in [4.69, 9.17) is 14.6 Å². The Bertz CT molecular complexity index is 854. The van der Waals surface area contributed by atoms with Gasteiger partial charge in [0.2, 0.25) is 0 Å². The van der Waals surface area contributed by atoms with Gasteiger partial charge in [0.15, 0.2) is 0 Å². The van der Waals surface area contributed by atoms with Crippen LogP contribution in [0, 0.1) is 0 Å². The standard InChI is InChI=1S/C26H34O4/c1-5-8-20-10-12-23(22(6-2)17-20)24-13-11-21(9-7-14-27)18-25(24)29-15-16-30-26(28)19(3)4/h10-13,17-18,27H,3,5-9,14-16H2,1-2,4H3. The van der Waals surface area contributed by atoms with E-state index in [1.165, 1.54) is 16.7 Å². The summed E-state index contributed by atoms with van der Waals surface area (Å²) in [6.07, 6.45) is 4.63. The Balaban J connectivity index is 2.29. The van der Waals surface area contributed by atoms with Crippen molar-refractivity contribution in [2.24, 2.45) is 0 Å². The topological polar surface area (TPSA) is 55.8 Å². The van der Waals surface area contributed by atoms with Gasteiger partial charge in [-0.3, -0.25) is 0 Å². The molecule has 0 aliphatic carbocycles. The fraction of sp³-hybridized carbons (Fsp3) is 0.423. The molecule has 0 radical (unpaired) electrons. The highest BCUT2D eigenvalue weighted by Crippen LogP contribution is 2.34. The summed E-state index contributed by atoms with van der Waals surface area (Å²) in [4.78, 5) is 11.6. The van der Waals surface area contributed by atoms with Crippen LogP contribution in [0.1, 0.15) is 50.3 Å². The Morgan fingerprint density at radius 1 is 1.00 bits per heavy atom. The molecule has 2 rings (SSSR count). The van der Waals surface area contributed by atoms with Gasteiger partial charge in [-0.25, -0.2) is 4.79 Å². The lowest BCUT2D eigenvalue weighted by Crippen LogP contribution is -2.13. The number of hydrogen-bond acceptors (Lipinski definition) is 4. The monoisotopic (exact) mass is 410 g/mol. The molecule has 0 spiro atoms. The molecular formula is C26H34O4. The van der Waals surface area contributed by atoms with Crippen LogP contribution in [0.5, 0.6) is 5.75 Å².